The van der Waals surface area contributed by atoms with E-state index in [1.807, 2.05) is 6.92 Å². The van der Waals surface area contributed by atoms with Crippen molar-refractivity contribution in [2.45, 2.75) is 83.7 Å². The van der Waals surface area contributed by atoms with E-state index in [4.69, 9.17) is 9.16 Å². The molecular weight excluding hydrogens is 324 g/mol. The zero-order valence-corrected chi connectivity index (χ0v) is 17.5. The standard InChI is InChI=1S/C18H34O3SSi/c1-12(17(19)22)7-8-13-14(16-10-9-15(13)21-16)11-20-23(5,6)18(2,3)4/h12-16H,7-11H2,1-6H3,(H,19,22)/t12-,13?,14+,15-,16-/m0/s1. The first-order chi connectivity index (χ1) is 10.5. The van der Waals surface area contributed by atoms with Gasteiger partial charge in [0.2, 0.25) is 0 Å². The second kappa shape index (κ2) is 7.18. The second-order valence-electron chi connectivity index (χ2n) is 9.01. The molecule has 0 aromatic heterocycles. The Balaban J connectivity index is 1.94. The summed E-state index contributed by atoms with van der Waals surface area (Å²) in [5, 5.41) is 0.247. The summed E-state index contributed by atoms with van der Waals surface area (Å²) < 4.78 is 12.7. The van der Waals surface area contributed by atoms with Gasteiger partial charge in [-0.15, -0.1) is 12.6 Å². The lowest BCUT2D eigenvalue weighted by Gasteiger charge is -2.38. The highest BCUT2D eigenvalue weighted by atomic mass is 32.1. The van der Waals surface area contributed by atoms with Gasteiger partial charge in [0.1, 0.15) is 0 Å². The SMILES string of the molecule is C[C@@H](CCC1[C@@H]2CC[C@H](O2)[C@@H]1CO[Si](C)(C)C(C)(C)C)C(=O)S. The van der Waals surface area contributed by atoms with Gasteiger partial charge in [-0.05, 0) is 49.7 Å². The summed E-state index contributed by atoms with van der Waals surface area (Å²) >= 11 is 3.97. The van der Waals surface area contributed by atoms with E-state index < -0.39 is 8.32 Å². The van der Waals surface area contributed by atoms with Crippen molar-refractivity contribution in [3.8, 4) is 0 Å². The van der Waals surface area contributed by atoms with Crippen LogP contribution in [-0.2, 0) is 14.0 Å². The van der Waals surface area contributed by atoms with Crippen LogP contribution in [0.4, 0.5) is 0 Å². The van der Waals surface area contributed by atoms with Crippen molar-refractivity contribution >= 4 is 26.1 Å². The monoisotopic (exact) mass is 358 g/mol. The molecule has 2 rings (SSSR count). The van der Waals surface area contributed by atoms with Crippen LogP contribution in [0.5, 0.6) is 0 Å². The Morgan fingerprint density at radius 2 is 1.83 bits per heavy atom. The molecule has 0 spiro atoms. The number of rotatable bonds is 7. The molecule has 2 bridgehead atoms. The van der Waals surface area contributed by atoms with Gasteiger partial charge in [0.25, 0.3) is 0 Å². The van der Waals surface area contributed by atoms with E-state index in [0.29, 0.717) is 24.0 Å². The molecule has 0 aromatic carbocycles. The van der Waals surface area contributed by atoms with Gasteiger partial charge in [0.05, 0.1) is 12.2 Å². The molecule has 2 aliphatic heterocycles. The molecule has 0 aliphatic carbocycles. The van der Waals surface area contributed by atoms with Crippen molar-refractivity contribution in [2.24, 2.45) is 17.8 Å². The topological polar surface area (TPSA) is 35.5 Å². The summed E-state index contributed by atoms with van der Waals surface area (Å²) in [6.45, 7) is 14.3. The molecule has 0 aromatic rings. The van der Waals surface area contributed by atoms with Crippen LogP contribution in [0.15, 0.2) is 0 Å². The highest BCUT2D eigenvalue weighted by Crippen LogP contribution is 2.47. The maximum Gasteiger partial charge on any atom is 0.191 e. The Labute approximate surface area is 148 Å². The van der Waals surface area contributed by atoms with Crippen LogP contribution in [0.1, 0.15) is 53.4 Å². The quantitative estimate of drug-likeness (QED) is 0.530. The summed E-state index contributed by atoms with van der Waals surface area (Å²) in [5.74, 6) is 1.10. The molecule has 0 radical (unpaired) electrons. The van der Waals surface area contributed by atoms with Crippen molar-refractivity contribution in [3.63, 3.8) is 0 Å². The molecule has 23 heavy (non-hydrogen) atoms. The van der Waals surface area contributed by atoms with Crippen molar-refractivity contribution in [2.75, 3.05) is 6.61 Å². The number of thiol groups is 1. The Morgan fingerprint density at radius 1 is 1.26 bits per heavy atom. The van der Waals surface area contributed by atoms with E-state index in [1.165, 1.54) is 12.8 Å². The Hall–Kier alpha value is 0.157. The van der Waals surface area contributed by atoms with Gasteiger partial charge in [-0.25, -0.2) is 0 Å². The average Bonchev–Trinajstić information content (AvgIpc) is 3.01. The summed E-state index contributed by atoms with van der Waals surface area (Å²) in [6.07, 6.45) is 5.08. The number of hydrogen-bond donors (Lipinski definition) is 1. The number of ether oxygens (including phenoxy) is 1. The molecule has 2 heterocycles. The van der Waals surface area contributed by atoms with Gasteiger partial charge >= 0.3 is 0 Å². The molecule has 0 amide bonds. The van der Waals surface area contributed by atoms with Gasteiger partial charge < -0.3 is 9.16 Å². The first-order valence-electron chi connectivity index (χ1n) is 9.05. The predicted molar refractivity (Wildman–Crippen MR) is 100 cm³/mol. The molecule has 5 atom stereocenters. The van der Waals surface area contributed by atoms with Crippen LogP contribution in [0.2, 0.25) is 18.1 Å². The third kappa shape index (κ3) is 4.41. The molecule has 2 saturated heterocycles. The Morgan fingerprint density at radius 3 is 2.35 bits per heavy atom. The lowest BCUT2D eigenvalue weighted by atomic mass is 9.76. The molecule has 0 saturated carbocycles. The minimum absolute atomic E-state index is 0.00291. The van der Waals surface area contributed by atoms with E-state index in [9.17, 15) is 4.79 Å². The van der Waals surface area contributed by atoms with E-state index >= 15 is 0 Å². The van der Waals surface area contributed by atoms with Gasteiger partial charge in [-0.1, -0.05) is 27.7 Å². The lowest BCUT2D eigenvalue weighted by molar-refractivity contribution is -0.114. The Bertz CT molecular complexity index is 432. The zero-order valence-electron chi connectivity index (χ0n) is 15.6. The van der Waals surface area contributed by atoms with E-state index in [-0.39, 0.29) is 16.1 Å². The van der Waals surface area contributed by atoms with Crippen LogP contribution in [0, 0.1) is 17.8 Å². The number of fused-ring (bicyclic) bond motifs is 2. The highest BCUT2D eigenvalue weighted by Gasteiger charge is 2.49. The highest BCUT2D eigenvalue weighted by molar-refractivity contribution is 7.96. The van der Waals surface area contributed by atoms with E-state index in [2.05, 4.69) is 46.5 Å². The first kappa shape index (κ1) is 19.5. The molecule has 3 nitrogen and oxygen atoms in total. The second-order valence-corrected chi connectivity index (χ2v) is 14.3. The van der Waals surface area contributed by atoms with Crippen LogP contribution in [-0.4, -0.2) is 32.2 Å². The summed E-state index contributed by atoms with van der Waals surface area (Å²) in [5.41, 5.74) is 0. The van der Waals surface area contributed by atoms with Gasteiger partial charge in [-0.2, -0.15) is 0 Å². The maximum absolute atomic E-state index is 11.4. The minimum Gasteiger partial charge on any atom is -0.416 e. The number of hydrogen-bond acceptors (Lipinski definition) is 3. The smallest absolute Gasteiger partial charge is 0.191 e. The van der Waals surface area contributed by atoms with Crippen molar-refractivity contribution in [3.05, 3.63) is 0 Å². The normalized spacial score (nSPS) is 32.3. The average molecular weight is 359 g/mol. The fourth-order valence-corrected chi connectivity index (χ4v) is 4.76. The molecule has 5 heteroatoms. The van der Waals surface area contributed by atoms with Crippen LogP contribution >= 0.6 is 12.6 Å². The minimum atomic E-state index is -1.71. The molecule has 134 valence electrons. The third-order valence-corrected chi connectivity index (χ3v) is 11.3. The van der Waals surface area contributed by atoms with Gasteiger partial charge in [-0.3, -0.25) is 4.79 Å². The fourth-order valence-electron chi connectivity index (χ4n) is 3.59. The Kier molecular flexibility index (Phi) is 6.08. The van der Waals surface area contributed by atoms with Gasteiger partial charge in [0.15, 0.2) is 13.4 Å². The maximum atomic E-state index is 11.4. The van der Waals surface area contributed by atoms with Crippen LogP contribution in [0.3, 0.4) is 0 Å². The molecule has 2 aliphatic rings. The van der Waals surface area contributed by atoms with Crippen LogP contribution < -0.4 is 0 Å². The fraction of sp³-hybridized carbons (Fsp3) is 0.944. The van der Waals surface area contributed by atoms with Gasteiger partial charge in [0, 0.05) is 18.4 Å². The van der Waals surface area contributed by atoms with E-state index in [1.54, 1.807) is 0 Å². The van der Waals surface area contributed by atoms with Crippen molar-refractivity contribution < 1.29 is 14.0 Å². The largest absolute Gasteiger partial charge is 0.416 e. The summed E-state index contributed by atoms with van der Waals surface area (Å²) in [6, 6.07) is 0. The first-order valence-corrected chi connectivity index (χ1v) is 12.4. The number of carbonyl (C=O) groups excluding carboxylic acids is 1. The molecule has 1 unspecified atom stereocenters. The van der Waals surface area contributed by atoms with Crippen molar-refractivity contribution in [1.29, 1.82) is 0 Å². The lowest BCUT2D eigenvalue weighted by Crippen LogP contribution is -2.44. The number of carbonyl (C=O) groups is 1. The summed E-state index contributed by atoms with van der Waals surface area (Å²) in [4.78, 5) is 11.4. The molecule has 2 fully saturated rings. The molecular formula is C18H34O3SSi. The zero-order chi connectivity index (χ0) is 17.4. The van der Waals surface area contributed by atoms with Crippen molar-refractivity contribution in [1.82, 2.24) is 0 Å². The molecule has 0 N–H and O–H groups in total. The predicted octanol–water partition coefficient (Wildman–Crippen LogP) is 4.67. The van der Waals surface area contributed by atoms with Crippen LogP contribution in [0.25, 0.3) is 0 Å². The third-order valence-electron chi connectivity index (χ3n) is 6.39. The summed E-state index contributed by atoms with van der Waals surface area (Å²) in [7, 11) is -1.71. The van der Waals surface area contributed by atoms with E-state index in [0.717, 1.165) is 19.4 Å².